The summed E-state index contributed by atoms with van der Waals surface area (Å²) in [5.41, 5.74) is 4.73. The van der Waals surface area contributed by atoms with Crippen LogP contribution in [0.4, 0.5) is 20.2 Å². The van der Waals surface area contributed by atoms with Crippen LogP contribution >= 0.6 is 0 Å². The van der Waals surface area contributed by atoms with E-state index in [-0.39, 0.29) is 40.4 Å². The number of fused-ring (bicyclic) bond motifs is 3. The molecule has 0 saturated carbocycles. The molecule has 166 valence electrons. The van der Waals surface area contributed by atoms with Crippen LogP contribution in [0, 0.1) is 28.4 Å². The molecule has 1 amide bonds. The highest BCUT2D eigenvalue weighted by molar-refractivity contribution is 6.20. The van der Waals surface area contributed by atoms with Crippen LogP contribution in [0.2, 0.25) is 0 Å². The molecule has 1 aliphatic carbocycles. The van der Waals surface area contributed by atoms with Gasteiger partial charge in [-0.1, -0.05) is 26.0 Å². The predicted molar refractivity (Wildman–Crippen MR) is 117 cm³/mol. The van der Waals surface area contributed by atoms with Gasteiger partial charge in [-0.3, -0.25) is 14.5 Å². The van der Waals surface area contributed by atoms with E-state index in [1.165, 1.54) is 35.2 Å². The number of nitrogens with one attached hydrogen (secondary N) is 1. The van der Waals surface area contributed by atoms with Gasteiger partial charge < -0.3 is 11.1 Å². The summed E-state index contributed by atoms with van der Waals surface area (Å²) in [5.74, 6) is -2.41. The molecule has 1 atom stereocenters. The third-order valence-corrected chi connectivity index (χ3v) is 6.55. The molecule has 3 aliphatic rings. The Morgan fingerprint density at radius 1 is 1.12 bits per heavy atom. The molecule has 1 spiro atoms. The number of carbonyl (C=O) groups excluding carboxylic acids is 2. The van der Waals surface area contributed by atoms with E-state index in [1.807, 2.05) is 19.9 Å². The molecule has 2 aromatic rings. The highest BCUT2D eigenvalue weighted by Gasteiger charge is 2.61. The number of allylic oxidation sites excluding steroid dienone is 1. The highest BCUT2D eigenvalue weighted by Crippen LogP contribution is 2.57. The number of nitriles is 1. The summed E-state index contributed by atoms with van der Waals surface area (Å²) in [5, 5.41) is 12.9. The zero-order valence-corrected chi connectivity index (χ0v) is 18.0. The maximum absolute atomic E-state index is 14.9. The number of anilines is 2. The van der Waals surface area contributed by atoms with Crippen LogP contribution in [0.15, 0.2) is 65.1 Å². The van der Waals surface area contributed by atoms with E-state index in [1.54, 1.807) is 6.07 Å². The first-order valence-electron chi connectivity index (χ1n) is 10.4. The van der Waals surface area contributed by atoms with E-state index in [9.17, 15) is 23.6 Å². The van der Waals surface area contributed by atoms with Gasteiger partial charge in [-0.2, -0.15) is 5.26 Å². The van der Waals surface area contributed by atoms with Crippen molar-refractivity contribution in [2.75, 3.05) is 10.2 Å². The average Bonchev–Trinajstić information content (AvgIpc) is 3.00. The first-order valence-corrected chi connectivity index (χ1v) is 10.4. The fourth-order valence-electron chi connectivity index (χ4n) is 5.30. The molecule has 3 N–H and O–H groups in total. The van der Waals surface area contributed by atoms with Crippen molar-refractivity contribution in [1.82, 2.24) is 0 Å². The Kier molecular flexibility index (Phi) is 4.27. The Hall–Kier alpha value is -3.99. The topological polar surface area (TPSA) is 99.2 Å². The summed E-state index contributed by atoms with van der Waals surface area (Å²) < 4.78 is 29.3. The molecular weight excluding hydrogens is 426 g/mol. The molecule has 0 radical (unpaired) electrons. The first-order chi connectivity index (χ1) is 15.6. The lowest BCUT2D eigenvalue weighted by Crippen LogP contribution is -2.52. The predicted octanol–water partition coefficient (Wildman–Crippen LogP) is 4.01. The molecule has 0 bridgehead atoms. The third-order valence-electron chi connectivity index (χ3n) is 6.55. The second kappa shape index (κ2) is 6.75. The molecular formula is C25H20F2N4O2. The van der Waals surface area contributed by atoms with Gasteiger partial charge in [0.15, 0.2) is 5.78 Å². The Morgan fingerprint density at radius 2 is 1.85 bits per heavy atom. The number of rotatable bonds is 1. The second-order valence-corrected chi connectivity index (χ2v) is 9.32. The molecule has 2 aromatic carbocycles. The van der Waals surface area contributed by atoms with Gasteiger partial charge in [-0.25, -0.2) is 8.78 Å². The van der Waals surface area contributed by atoms with Crippen molar-refractivity contribution >= 4 is 23.1 Å². The zero-order chi connectivity index (χ0) is 23.7. The Labute approximate surface area is 189 Å². The lowest BCUT2D eigenvalue weighted by atomic mass is 9.60. The minimum Gasteiger partial charge on any atom is -0.384 e. The maximum atomic E-state index is 14.9. The van der Waals surface area contributed by atoms with Gasteiger partial charge in [0.1, 0.15) is 28.9 Å². The number of nitrogens with two attached hydrogens (primary N) is 1. The van der Waals surface area contributed by atoms with Crippen LogP contribution in [0.3, 0.4) is 0 Å². The number of para-hydroxylation sites is 1. The number of Topliss-reactive ketones (excluding diaryl/α,β-unsaturated/α-hetero) is 1. The van der Waals surface area contributed by atoms with E-state index < -0.39 is 28.4 Å². The fourth-order valence-corrected chi connectivity index (χ4v) is 5.30. The van der Waals surface area contributed by atoms with Gasteiger partial charge in [0.25, 0.3) is 0 Å². The van der Waals surface area contributed by atoms with E-state index in [0.29, 0.717) is 17.8 Å². The fraction of sp³-hybridized carbons (Fsp3) is 0.240. The lowest BCUT2D eigenvalue weighted by Gasteiger charge is -2.46. The summed E-state index contributed by atoms with van der Waals surface area (Å²) in [4.78, 5) is 28.6. The van der Waals surface area contributed by atoms with E-state index in [0.717, 1.165) is 6.07 Å². The number of halogens is 2. The van der Waals surface area contributed by atoms with Gasteiger partial charge in [-0.05, 0) is 42.2 Å². The molecule has 0 saturated heterocycles. The normalized spacial score (nSPS) is 23.4. The van der Waals surface area contributed by atoms with Crippen molar-refractivity contribution < 1.29 is 18.4 Å². The van der Waals surface area contributed by atoms with Gasteiger partial charge in [0.2, 0.25) is 5.91 Å². The smallest absolute Gasteiger partial charge is 0.245 e. The van der Waals surface area contributed by atoms with Crippen LogP contribution in [-0.4, -0.2) is 11.7 Å². The molecule has 2 heterocycles. The molecule has 0 aromatic heterocycles. The molecule has 0 unspecified atom stereocenters. The average molecular weight is 446 g/mol. The number of hydrogen-bond acceptors (Lipinski definition) is 5. The quantitative estimate of drug-likeness (QED) is 0.690. The van der Waals surface area contributed by atoms with Gasteiger partial charge in [-0.15, -0.1) is 0 Å². The standard InChI is InChI=1S/C25H20F2N4O2/c1-24(2)10-19-21(20(32)11-24)25(14-9-13(26)7-8-17(14)30-23(25)33)15(12-28)22(29)31(19)18-6-4-3-5-16(18)27/h3-9H,10-11,29H2,1-2H3,(H,30,33)/t25-/m0/s1. The summed E-state index contributed by atoms with van der Waals surface area (Å²) in [7, 11) is 0. The summed E-state index contributed by atoms with van der Waals surface area (Å²) in [6, 6.07) is 11.6. The molecule has 8 heteroatoms. The van der Waals surface area contributed by atoms with Gasteiger partial charge >= 0.3 is 0 Å². The molecule has 6 nitrogen and oxygen atoms in total. The van der Waals surface area contributed by atoms with Gasteiger partial charge in [0.05, 0.1) is 11.3 Å². The molecule has 2 aliphatic heterocycles. The molecule has 33 heavy (non-hydrogen) atoms. The number of benzene rings is 2. The summed E-state index contributed by atoms with van der Waals surface area (Å²) in [6.45, 7) is 3.78. The maximum Gasteiger partial charge on any atom is 0.245 e. The minimum atomic E-state index is -1.90. The van der Waals surface area contributed by atoms with E-state index in [2.05, 4.69) is 5.32 Å². The van der Waals surface area contributed by atoms with Crippen LogP contribution in [0.25, 0.3) is 0 Å². The zero-order valence-electron chi connectivity index (χ0n) is 18.0. The minimum absolute atomic E-state index is 0.0395. The van der Waals surface area contributed by atoms with Crippen molar-refractivity contribution in [3.8, 4) is 6.07 Å². The Bertz CT molecular complexity index is 1370. The first kappa shape index (κ1) is 20.9. The number of amides is 1. The monoisotopic (exact) mass is 446 g/mol. The third kappa shape index (κ3) is 2.68. The van der Waals surface area contributed by atoms with Crippen molar-refractivity contribution in [3.05, 3.63) is 82.3 Å². The number of ketones is 1. The van der Waals surface area contributed by atoms with E-state index in [4.69, 9.17) is 5.73 Å². The van der Waals surface area contributed by atoms with Crippen LogP contribution in [0.5, 0.6) is 0 Å². The number of carbonyl (C=O) groups is 2. The molecule has 5 rings (SSSR count). The van der Waals surface area contributed by atoms with Crippen molar-refractivity contribution in [2.45, 2.75) is 32.1 Å². The van der Waals surface area contributed by atoms with E-state index >= 15 is 0 Å². The Balaban J connectivity index is 1.93. The second-order valence-electron chi connectivity index (χ2n) is 9.32. The summed E-state index contributed by atoms with van der Waals surface area (Å²) >= 11 is 0. The number of hydrogen-bond donors (Lipinski definition) is 2. The largest absolute Gasteiger partial charge is 0.384 e. The number of nitrogens with zero attached hydrogens (tertiary/aromatic N) is 2. The lowest BCUT2D eigenvalue weighted by molar-refractivity contribution is -0.123. The van der Waals surface area contributed by atoms with Crippen LogP contribution in [-0.2, 0) is 15.0 Å². The van der Waals surface area contributed by atoms with Crippen molar-refractivity contribution in [2.24, 2.45) is 11.1 Å². The molecule has 0 fully saturated rings. The van der Waals surface area contributed by atoms with Crippen molar-refractivity contribution in [1.29, 1.82) is 5.26 Å². The van der Waals surface area contributed by atoms with Gasteiger partial charge in [0, 0.05) is 28.9 Å². The highest BCUT2D eigenvalue weighted by atomic mass is 19.1. The summed E-state index contributed by atoms with van der Waals surface area (Å²) in [6.07, 6.45) is 0.400. The SMILES string of the molecule is CC1(C)CC(=O)C2=C(C1)N(c1ccccc1F)C(N)=C(C#N)[C@]21C(=O)Nc2ccc(F)cc21. The van der Waals surface area contributed by atoms with Crippen LogP contribution in [0.1, 0.15) is 32.3 Å². The Morgan fingerprint density at radius 3 is 2.55 bits per heavy atom. The van der Waals surface area contributed by atoms with Crippen molar-refractivity contribution in [3.63, 3.8) is 0 Å². The van der Waals surface area contributed by atoms with Crippen LogP contribution < -0.4 is 16.0 Å².